The summed E-state index contributed by atoms with van der Waals surface area (Å²) in [6.07, 6.45) is 71.8. The summed E-state index contributed by atoms with van der Waals surface area (Å²) in [5.41, 5.74) is -0.950. The maximum Gasteiger partial charge on any atom is 0.408 e. The van der Waals surface area contributed by atoms with Gasteiger partial charge in [0.25, 0.3) is 11.8 Å². The first-order valence-corrected chi connectivity index (χ1v) is 36.3. The second kappa shape index (κ2) is 101. The summed E-state index contributed by atoms with van der Waals surface area (Å²) in [4.78, 5) is 87.1. The highest BCUT2D eigenvalue weighted by Crippen LogP contribution is 2.58. The minimum absolute atomic E-state index is 0. The molecule has 4 aliphatic rings. The number of β-lactam (4-membered cyclic amide) rings is 2. The molecule has 0 spiro atoms. The Hall–Kier alpha value is -16.9. The molecule has 0 unspecified atom stereocenters. The van der Waals surface area contributed by atoms with Crippen molar-refractivity contribution >= 4 is 65.4 Å². The van der Waals surface area contributed by atoms with Crippen molar-refractivity contribution in [3.05, 3.63) is 11.3 Å². The molecule has 0 bridgehead atoms. The molecule has 0 aromatic carbocycles. The van der Waals surface area contributed by atoms with E-state index < -0.39 is 80.3 Å². The minimum atomic E-state index is -0.842. The molecule has 4 amide bonds. The molecule has 0 aromatic rings. The van der Waals surface area contributed by atoms with E-state index in [0.717, 1.165) is 0 Å². The number of nitrogens with zero attached hydrogens (tertiary/aromatic N) is 2. The maximum absolute atomic E-state index is 12.6. The zero-order chi connectivity index (χ0) is 98.0. The summed E-state index contributed by atoms with van der Waals surface area (Å²) in [5, 5.41) is 4.64. The van der Waals surface area contributed by atoms with Gasteiger partial charge < -0.3 is 39.2 Å². The molecule has 0 aliphatic carbocycles. The molecular formula is C107H114N4O12S2. The van der Waals surface area contributed by atoms with Gasteiger partial charge in [0.2, 0.25) is 0 Å². The number of amides is 4. The molecule has 646 valence electrons. The van der Waals surface area contributed by atoms with Crippen molar-refractivity contribution in [1.29, 1.82) is 0 Å². The third-order valence-corrected chi connectivity index (χ3v) is 13.5. The largest absolute Gasteiger partial charge is 0.461 e. The van der Waals surface area contributed by atoms with Gasteiger partial charge in [-0.2, -0.15) is 0 Å². The first-order chi connectivity index (χ1) is 58.3. The van der Waals surface area contributed by atoms with Crippen LogP contribution in [0, 0.1) is 363 Å². The lowest BCUT2D eigenvalue weighted by Gasteiger charge is -2.51. The van der Waals surface area contributed by atoms with Crippen LogP contribution in [0.15, 0.2) is 11.3 Å². The first kappa shape index (κ1) is 140. The van der Waals surface area contributed by atoms with Gasteiger partial charge in [0.1, 0.15) is 51.9 Å². The smallest absolute Gasteiger partial charge is 0.408 e. The number of rotatable bonds is 8. The average molecular weight is 1710 g/mol. The summed E-state index contributed by atoms with van der Waals surface area (Å²) < 4.78 is 24.8. The summed E-state index contributed by atoms with van der Waals surface area (Å²) >= 11 is 2.77. The Kier molecular flexibility index (Phi) is 114. The van der Waals surface area contributed by atoms with Crippen LogP contribution in [0.1, 0.15) is 184 Å². The highest BCUT2D eigenvalue weighted by molar-refractivity contribution is 8.02. The average Bonchev–Trinajstić information content (AvgIpc) is 1.54. The fraction of sp³-hybridized carbons (Fsp3) is 0.355. The van der Waals surface area contributed by atoms with E-state index in [-0.39, 0.29) is 49.1 Å². The second-order valence-electron chi connectivity index (χ2n) is 22.0. The lowest BCUT2D eigenvalue weighted by atomic mass is 9.89. The number of hydrogen-bond acceptors (Lipinski definition) is 14. The third-order valence-electron chi connectivity index (χ3n) is 10.5. The zero-order valence-electron chi connectivity index (χ0n) is 74.5. The van der Waals surface area contributed by atoms with Gasteiger partial charge in [-0.1, -0.05) is 74.1 Å². The van der Waals surface area contributed by atoms with Crippen LogP contribution >= 0.6 is 23.5 Å². The summed E-state index contributed by atoms with van der Waals surface area (Å²) in [6, 6.07) is -2.37. The molecule has 0 aromatic heterocycles. The fourth-order valence-corrected chi connectivity index (χ4v) is 10.0. The maximum atomic E-state index is 12.6. The number of terminal acetylenes is 14. The standard InChI is InChI=1S/C18H22N2O7S.C17H24N2O5S.2C8H6.2C7H4.2C6H2.2C5H4.2C4H6.2C3H4.2C2H2.2CH4.2H2/c1-6-7-25-16(23)13-11(8-26-10(2)21)9-28-15-12(14(22)20(13)15)19-17(24)27-18(3,4)5;1-8-9-23-13(21)11-16(5,6)25-17(7)10(12(20)19(11)17)18-14(22)24-15(2,3)4;2*1-3-5-7-8-6-4-2;2*1-3-5-7-6-4-2;2*1-3-5-6-4-2;2*1-3-5-4-2;2*1-3-4-2;2*1-3-2;2*1-2;;;;/h1,12,15H,7-9H2,2-5H3,(H,19,24);1,10-11H,9H2,2-7H3,(H,18,22);2*1-2H3;2*1H,2H3;2*1-2H;2*1H,2H3;2*1-2H3;2*1H,2H3;2*1-2H;2*1H4;2*1H/t12-,15-;10-,11+,17-;;;;;;;;;;;;;;;;;;/m11................../s1. The Morgan fingerprint density at radius 2 is 0.720 bits per heavy atom. The lowest BCUT2D eigenvalue weighted by Crippen LogP contribution is -2.77. The highest BCUT2D eigenvalue weighted by atomic mass is 32.2. The molecule has 2 N–H and O–H groups in total. The zero-order valence-corrected chi connectivity index (χ0v) is 76.1. The molecule has 125 heavy (non-hydrogen) atoms. The highest BCUT2D eigenvalue weighted by Gasteiger charge is 2.71. The summed E-state index contributed by atoms with van der Waals surface area (Å²) in [6.45, 7) is 41.0. The summed E-state index contributed by atoms with van der Waals surface area (Å²) in [7, 11) is 0. The molecule has 4 heterocycles. The van der Waals surface area contributed by atoms with E-state index in [1.54, 1.807) is 111 Å². The van der Waals surface area contributed by atoms with Gasteiger partial charge in [0, 0.05) is 25.8 Å². The third kappa shape index (κ3) is 86.3. The number of fused-ring (bicyclic) bond motifs is 2. The number of carbonyl (C=O) groups excluding carboxylic acids is 7. The number of ether oxygens (including phenoxy) is 5. The van der Waals surface area contributed by atoms with Crippen molar-refractivity contribution < 1.29 is 60.1 Å². The number of esters is 3. The van der Waals surface area contributed by atoms with Crippen LogP contribution in [0.4, 0.5) is 9.59 Å². The van der Waals surface area contributed by atoms with Crippen LogP contribution in [0.25, 0.3) is 0 Å². The minimum Gasteiger partial charge on any atom is -0.461 e. The van der Waals surface area contributed by atoms with Gasteiger partial charge in [-0.25, -0.2) is 19.2 Å². The van der Waals surface area contributed by atoms with Crippen molar-refractivity contribution in [1.82, 2.24) is 20.4 Å². The van der Waals surface area contributed by atoms with Crippen molar-refractivity contribution in [3.8, 4) is 363 Å². The van der Waals surface area contributed by atoms with Gasteiger partial charge in [0.05, 0.1) is 0 Å². The number of hydrogen-bond donors (Lipinski definition) is 2. The Bertz CT molecular complexity index is 4920. The Balaban J connectivity index is -0.0000000801. The van der Waals surface area contributed by atoms with Gasteiger partial charge in [-0.3, -0.25) is 19.3 Å². The molecule has 3 fully saturated rings. The fourth-order valence-electron chi connectivity index (χ4n) is 6.76. The normalized spacial score (nSPS) is 12.5. The number of thioether (sulfide) groups is 2. The number of alkyl carbamates (subject to hydrolysis) is 2. The summed E-state index contributed by atoms with van der Waals surface area (Å²) in [5.74, 6) is 104. The van der Waals surface area contributed by atoms with Gasteiger partial charge in [-0.05, 0) is 325 Å². The monoisotopic (exact) mass is 1710 g/mol. The van der Waals surface area contributed by atoms with Crippen LogP contribution in [0.5, 0.6) is 0 Å². The van der Waals surface area contributed by atoms with E-state index in [2.05, 4.69) is 310 Å². The molecule has 18 heteroatoms. The van der Waals surface area contributed by atoms with Crippen molar-refractivity contribution in [2.75, 3.05) is 25.6 Å². The molecule has 3 saturated heterocycles. The molecule has 5 atom stereocenters. The van der Waals surface area contributed by atoms with Crippen molar-refractivity contribution in [2.24, 2.45) is 0 Å². The first-order valence-electron chi connectivity index (χ1n) is 34.5. The van der Waals surface area contributed by atoms with E-state index in [0.29, 0.717) is 11.3 Å². The van der Waals surface area contributed by atoms with E-state index >= 15 is 0 Å². The van der Waals surface area contributed by atoms with Crippen LogP contribution in [-0.2, 0) is 47.7 Å². The molecule has 0 radical (unpaired) electrons. The van der Waals surface area contributed by atoms with Crippen molar-refractivity contribution in [2.45, 2.75) is 225 Å². The van der Waals surface area contributed by atoms with Crippen LogP contribution in [0.2, 0.25) is 0 Å². The van der Waals surface area contributed by atoms with E-state index in [1.807, 2.05) is 48.5 Å². The van der Waals surface area contributed by atoms with Crippen LogP contribution in [0.3, 0.4) is 0 Å². The van der Waals surface area contributed by atoms with E-state index in [9.17, 15) is 33.6 Å². The predicted octanol–water partition coefficient (Wildman–Crippen LogP) is 13.1. The molecular weight excluding hydrogens is 1600 g/mol. The molecule has 0 saturated carbocycles. The number of carbonyl (C=O) groups is 7. The predicted molar refractivity (Wildman–Crippen MR) is 523 cm³/mol. The molecule has 4 aliphatic heterocycles. The lowest BCUT2D eigenvalue weighted by molar-refractivity contribution is -0.168. The second-order valence-corrected chi connectivity index (χ2v) is 25.2. The molecule has 4 rings (SSSR count). The van der Waals surface area contributed by atoms with Gasteiger partial charge in [-0.15, -0.1) is 162 Å². The Labute approximate surface area is 766 Å². The van der Waals surface area contributed by atoms with E-state index in [4.69, 9.17) is 87.9 Å². The van der Waals surface area contributed by atoms with Crippen LogP contribution in [-0.4, -0.2) is 122 Å². The Morgan fingerprint density at radius 3 is 0.984 bits per heavy atom. The SMILES string of the molecule is C.C.C#C.C#C.C#CC.C#CC.C#CC#CC.C#CC#CC.C#CC#CC#C.C#CC#CC#C.C#CC#CC#CC.C#CC#CC#CC.C#CCOC(=O)C1=C(COC(C)=O)CS[C@@H]2[C@H](NC(=O)OC(C)(C)C)C(=O)N12.C#CCOC(=O)[C@@H]1N2C(=O)[C@@H](NC(=O)OC(C)(C)C)[C@@]2(C)SC1(C)C.CC#CC.CC#CC.CC#CC#CC#CC.CC#CC#CC#CC.[HH].[HH]. The number of nitrogens with one attached hydrogen (secondary N) is 2. The van der Waals surface area contributed by atoms with Crippen molar-refractivity contribution in [3.63, 3.8) is 0 Å². The van der Waals surface area contributed by atoms with E-state index in [1.165, 1.54) is 40.2 Å². The quantitative estimate of drug-likeness (QED) is 0.101. The topological polar surface area (TPSA) is 196 Å². The van der Waals surface area contributed by atoms with Gasteiger partial charge >= 0.3 is 30.1 Å². The Morgan fingerprint density at radius 1 is 0.432 bits per heavy atom. The molecule has 16 nitrogen and oxygen atoms in total. The van der Waals surface area contributed by atoms with Crippen LogP contribution < -0.4 is 10.6 Å². The van der Waals surface area contributed by atoms with Gasteiger partial charge in [0.15, 0.2) is 13.2 Å².